The van der Waals surface area contributed by atoms with Crippen LogP contribution in [0.5, 0.6) is 5.75 Å². The van der Waals surface area contributed by atoms with E-state index >= 15 is 0 Å². The number of hydrogen-bond donors (Lipinski definition) is 1. The molecule has 0 amide bonds. The highest BCUT2D eigenvalue weighted by molar-refractivity contribution is 5.74. The fourth-order valence-corrected chi connectivity index (χ4v) is 3.27. The molecule has 1 aliphatic carbocycles. The standard InChI is InChI=1S/C18H26O3/c19-17(20)18(12-7-2-1-3-8-13-18)14-9-15-21-16-10-5-4-6-11-16/h4-6,10-11H,1-3,7-9,12-15H2,(H,19,20). The molecule has 0 aliphatic heterocycles. The Kier molecular flexibility index (Phi) is 6.09. The molecular formula is C18H26O3. The Morgan fingerprint density at radius 3 is 2.29 bits per heavy atom. The van der Waals surface area contributed by atoms with Crippen LogP contribution in [-0.2, 0) is 4.79 Å². The molecule has 1 aromatic carbocycles. The predicted molar refractivity (Wildman–Crippen MR) is 83.6 cm³/mol. The van der Waals surface area contributed by atoms with Crippen LogP contribution in [0.15, 0.2) is 30.3 Å². The summed E-state index contributed by atoms with van der Waals surface area (Å²) in [5, 5.41) is 9.68. The van der Waals surface area contributed by atoms with Gasteiger partial charge in [-0.05, 0) is 37.8 Å². The third-order valence-corrected chi connectivity index (χ3v) is 4.58. The molecular weight excluding hydrogens is 264 g/mol. The highest BCUT2D eigenvalue weighted by atomic mass is 16.5. The summed E-state index contributed by atoms with van der Waals surface area (Å²) in [5.74, 6) is 0.253. The van der Waals surface area contributed by atoms with Crippen LogP contribution >= 0.6 is 0 Å². The van der Waals surface area contributed by atoms with Crippen LogP contribution in [0.4, 0.5) is 0 Å². The molecule has 21 heavy (non-hydrogen) atoms. The van der Waals surface area contributed by atoms with E-state index in [4.69, 9.17) is 4.74 Å². The maximum absolute atomic E-state index is 11.8. The van der Waals surface area contributed by atoms with Gasteiger partial charge in [-0.25, -0.2) is 0 Å². The van der Waals surface area contributed by atoms with Gasteiger partial charge in [0.25, 0.3) is 0 Å². The van der Waals surface area contributed by atoms with Crippen molar-refractivity contribution < 1.29 is 14.6 Å². The fourth-order valence-electron chi connectivity index (χ4n) is 3.27. The Balaban J connectivity index is 1.83. The van der Waals surface area contributed by atoms with Crippen molar-refractivity contribution in [2.24, 2.45) is 5.41 Å². The van der Waals surface area contributed by atoms with Crippen molar-refractivity contribution >= 4 is 5.97 Å². The zero-order valence-electron chi connectivity index (χ0n) is 12.7. The van der Waals surface area contributed by atoms with Crippen molar-refractivity contribution in [1.29, 1.82) is 0 Å². The highest BCUT2D eigenvalue weighted by Gasteiger charge is 2.37. The molecule has 0 saturated heterocycles. The van der Waals surface area contributed by atoms with Crippen LogP contribution in [0.2, 0.25) is 0 Å². The molecule has 1 saturated carbocycles. The molecule has 0 radical (unpaired) electrons. The minimum Gasteiger partial charge on any atom is -0.494 e. The van der Waals surface area contributed by atoms with Gasteiger partial charge in [-0.15, -0.1) is 0 Å². The van der Waals surface area contributed by atoms with Gasteiger partial charge in [0.1, 0.15) is 5.75 Å². The van der Waals surface area contributed by atoms with Crippen LogP contribution in [-0.4, -0.2) is 17.7 Å². The topological polar surface area (TPSA) is 46.5 Å². The quantitative estimate of drug-likeness (QED) is 0.775. The normalized spacial score (nSPS) is 18.5. The van der Waals surface area contributed by atoms with Gasteiger partial charge < -0.3 is 9.84 Å². The molecule has 0 atom stereocenters. The van der Waals surface area contributed by atoms with E-state index in [1.807, 2.05) is 30.3 Å². The molecule has 0 bridgehead atoms. The maximum Gasteiger partial charge on any atom is 0.309 e. The van der Waals surface area contributed by atoms with Gasteiger partial charge in [0, 0.05) is 0 Å². The van der Waals surface area contributed by atoms with E-state index in [-0.39, 0.29) is 0 Å². The average molecular weight is 290 g/mol. The molecule has 0 spiro atoms. The summed E-state index contributed by atoms with van der Waals surface area (Å²) in [6.07, 6.45) is 8.90. The van der Waals surface area contributed by atoms with Crippen LogP contribution in [0, 0.1) is 5.41 Å². The second-order valence-electron chi connectivity index (χ2n) is 6.12. The molecule has 2 rings (SSSR count). The number of hydrogen-bond acceptors (Lipinski definition) is 2. The Hall–Kier alpha value is -1.51. The number of para-hydroxylation sites is 1. The minimum absolute atomic E-state index is 0.513. The lowest BCUT2D eigenvalue weighted by molar-refractivity contribution is -0.151. The molecule has 0 unspecified atom stereocenters. The second kappa shape index (κ2) is 8.06. The summed E-state index contributed by atoms with van der Waals surface area (Å²) in [6.45, 7) is 0.596. The SMILES string of the molecule is O=C(O)C1(CCCOc2ccccc2)CCCCCCC1. The van der Waals surface area contributed by atoms with Crippen molar-refractivity contribution in [3.8, 4) is 5.75 Å². The summed E-state index contributed by atoms with van der Waals surface area (Å²) in [5.41, 5.74) is -0.513. The van der Waals surface area contributed by atoms with Crippen molar-refractivity contribution in [3.05, 3.63) is 30.3 Å². The molecule has 3 nitrogen and oxygen atoms in total. The number of carbonyl (C=O) groups is 1. The van der Waals surface area contributed by atoms with Crippen molar-refractivity contribution in [2.45, 2.75) is 57.8 Å². The lowest BCUT2D eigenvalue weighted by Gasteiger charge is -2.31. The third kappa shape index (κ3) is 4.76. The third-order valence-electron chi connectivity index (χ3n) is 4.58. The van der Waals surface area contributed by atoms with E-state index in [2.05, 4.69) is 0 Å². The van der Waals surface area contributed by atoms with Crippen LogP contribution in [0.3, 0.4) is 0 Å². The van der Waals surface area contributed by atoms with E-state index in [0.717, 1.165) is 44.3 Å². The smallest absolute Gasteiger partial charge is 0.309 e. The van der Waals surface area contributed by atoms with E-state index < -0.39 is 11.4 Å². The predicted octanol–water partition coefficient (Wildman–Crippen LogP) is 4.66. The number of carboxylic acid groups (broad SMARTS) is 1. The van der Waals surface area contributed by atoms with Crippen LogP contribution in [0.1, 0.15) is 57.8 Å². The zero-order chi connectivity index (χ0) is 15.0. The Labute approximate surface area is 127 Å². The molecule has 0 heterocycles. The Bertz CT molecular complexity index is 419. The lowest BCUT2D eigenvalue weighted by Crippen LogP contribution is -2.32. The minimum atomic E-state index is -0.607. The first-order chi connectivity index (χ1) is 10.2. The first kappa shape index (κ1) is 15.9. The van der Waals surface area contributed by atoms with E-state index in [9.17, 15) is 9.90 Å². The molecule has 1 N–H and O–H groups in total. The Morgan fingerprint density at radius 2 is 1.67 bits per heavy atom. The zero-order valence-corrected chi connectivity index (χ0v) is 12.7. The summed E-state index contributed by atoms with van der Waals surface area (Å²) in [7, 11) is 0. The monoisotopic (exact) mass is 290 g/mol. The molecule has 1 aliphatic rings. The van der Waals surface area contributed by atoms with Gasteiger partial charge in [0.05, 0.1) is 12.0 Å². The highest BCUT2D eigenvalue weighted by Crippen LogP contribution is 2.38. The molecule has 1 fully saturated rings. The van der Waals surface area contributed by atoms with E-state index in [0.29, 0.717) is 6.61 Å². The summed E-state index contributed by atoms with van der Waals surface area (Å²) >= 11 is 0. The van der Waals surface area contributed by atoms with Gasteiger partial charge in [-0.2, -0.15) is 0 Å². The first-order valence-corrected chi connectivity index (χ1v) is 8.14. The van der Waals surface area contributed by atoms with E-state index in [1.54, 1.807) is 0 Å². The number of rotatable bonds is 6. The first-order valence-electron chi connectivity index (χ1n) is 8.14. The van der Waals surface area contributed by atoms with Crippen LogP contribution < -0.4 is 4.74 Å². The fraction of sp³-hybridized carbons (Fsp3) is 0.611. The summed E-state index contributed by atoms with van der Waals surface area (Å²) in [4.78, 5) is 11.8. The molecule has 0 aromatic heterocycles. The van der Waals surface area contributed by atoms with E-state index in [1.165, 1.54) is 19.3 Å². The average Bonchev–Trinajstić information content (AvgIpc) is 2.46. The second-order valence-corrected chi connectivity index (χ2v) is 6.12. The number of benzene rings is 1. The molecule has 3 heteroatoms. The van der Waals surface area contributed by atoms with Gasteiger partial charge in [0.2, 0.25) is 0 Å². The van der Waals surface area contributed by atoms with Crippen molar-refractivity contribution in [1.82, 2.24) is 0 Å². The summed E-state index contributed by atoms with van der Waals surface area (Å²) < 4.78 is 5.68. The van der Waals surface area contributed by atoms with Gasteiger partial charge in [-0.1, -0.05) is 50.3 Å². The maximum atomic E-state index is 11.8. The Morgan fingerprint density at radius 1 is 1.05 bits per heavy atom. The number of aliphatic carboxylic acids is 1. The summed E-state index contributed by atoms with van der Waals surface area (Å²) in [6, 6.07) is 9.72. The molecule has 1 aromatic rings. The van der Waals surface area contributed by atoms with Gasteiger partial charge in [0.15, 0.2) is 0 Å². The van der Waals surface area contributed by atoms with Crippen molar-refractivity contribution in [2.75, 3.05) is 6.61 Å². The molecule has 116 valence electrons. The van der Waals surface area contributed by atoms with Crippen molar-refractivity contribution in [3.63, 3.8) is 0 Å². The number of carboxylic acids is 1. The van der Waals surface area contributed by atoms with Crippen LogP contribution in [0.25, 0.3) is 0 Å². The largest absolute Gasteiger partial charge is 0.494 e. The number of ether oxygens (including phenoxy) is 1. The van der Waals surface area contributed by atoms with Gasteiger partial charge >= 0.3 is 5.97 Å². The lowest BCUT2D eigenvalue weighted by atomic mass is 9.73. The van der Waals surface area contributed by atoms with Gasteiger partial charge in [-0.3, -0.25) is 4.79 Å².